The van der Waals surface area contributed by atoms with Gasteiger partial charge in [0.05, 0.1) is 24.0 Å². The minimum absolute atomic E-state index is 0.0133. The summed E-state index contributed by atoms with van der Waals surface area (Å²) < 4.78 is 7.49. The zero-order valence-corrected chi connectivity index (χ0v) is 16.1. The number of imidazole rings is 1. The molecule has 3 aromatic rings. The van der Waals surface area contributed by atoms with Crippen LogP contribution in [0.2, 0.25) is 0 Å². The van der Waals surface area contributed by atoms with Gasteiger partial charge in [0, 0.05) is 6.54 Å². The lowest BCUT2D eigenvalue weighted by atomic mass is 9.98. The van der Waals surface area contributed by atoms with Crippen LogP contribution in [0.1, 0.15) is 47.6 Å². The van der Waals surface area contributed by atoms with Crippen molar-refractivity contribution in [3.05, 3.63) is 34.2 Å². The first-order valence-electron chi connectivity index (χ1n) is 9.22. The van der Waals surface area contributed by atoms with E-state index in [0.29, 0.717) is 24.0 Å². The van der Waals surface area contributed by atoms with Gasteiger partial charge in [0.15, 0.2) is 0 Å². The molecule has 5 heterocycles. The molecule has 3 aromatic heterocycles. The normalized spacial score (nSPS) is 18.1. The Morgan fingerprint density at radius 2 is 2.22 bits per heavy atom. The number of thiophene rings is 1. The van der Waals surface area contributed by atoms with E-state index in [9.17, 15) is 4.79 Å². The fraction of sp³-hybridized carbons (Fsp3) is 0.444. The van der Waals surface area contributed by atoms with Crippen LogP contribution in [0.3, 0.4) is 0 Å². The fourth-order valence-corrected chi connectivity index (χ4v) is 4.63. The van der Waals surface area contributed by atoms with E-state index in [0.717, 1.165) is 42.3 Å². The minimum Gasteiger partial charge on any atom is -0.337 e. The smallest absolute Gasteiger partial charge is 0.266 e. The largest absolute Gasteiger partial charge is 0.337 e. The third-order valence-corrected chi connectivity index (χ3v) is 6.32. The van der Waals surface area contributed by atoms with Crippen molar-refractivity contribution in [2.45, 2.75) is 32.9 Å². The average molecular weight is 384 g/mol. The average Bonchev–Trinajstić information content (AvgIpc) is 3.36. The summed E-state index contributed by atoms with van der Waals surface area (Å²) in [6, 6.07) is 1.99. The van der Waals surface area contributed by atoms with E-state index in [2.05, 4.69) is 33.9 Å². The number of fused-ring (bicyclic) bond motifs is 5. The summed E-state index contributed by atoms with van der Waals surface area (Å²) in [5.41, 5.74) is 2.56. The first-order chi connectivity index (χ1) is 13.2. The Hall–Kier alpha value is -2.52. The van der Waals surface area contributed by atoms with Crippen molar-refractivity contribution >= 4 is 17.2 Å². The molecule has 2 aliphatic heterocycles. The van der Waals surface area contributed by atoms with Crippen LogP contribution in [0.15, 0.2) is 22.3 Å². The lowest BCUT2D eigenvalue weighted by Crippen LogP contribution is -2.44. The molecule has 0 saturated carbocycles. The zero-order chi connectivity index (χ0) is 18.5. The Balaban J connectivity index is 1.56. The second-order valence-corrected chi connectivity index (χ2v) is 7.68. The second-order valence-electron chi connectivity index (χ2n) is 6.76. The van der Waals surface area contributed by atoms with Gasteiger partial charge in [0.1, 0.15) is 16.9 Å². The van der Waals surface area contributed by atoms with E-state index >= 15 is 0 Å². The molecule has 0 bridgehead atoms. The molecule has 0 aliphatic carbocycles. The van der Waals surface area contributed by atoms with Crippen molar-refractivity contribution in [1.82, 2.24) is 29.5 Å². The number of aromatic nitrogens is 4. The summed E-state index contributed by atoms with van der Waals surface area (Å²) in [4.78, 5) is 26.9. The predicted molar refractivity (Wildman–Crippen MR) is 99.8 cm³/mol. The number of hydrogen-bond acceptors (Lipinski definition) is 7. The molecule has 2 aliphatic rings. The Kier molecular flexibility index (Phi) is 3.87. The fourth-order valence-electron chi connectivity index (χ4n) is 3.79. The van der Waals surface area contributed by atoms with Crippen LogP contribution in [-0.2, 0) is 6.54 Å². The molecule has 5 rings (SSSR count). The van der Waals surface area contributed by atoms with Crippen LogP contribution >= 0.6 is 11.3 Å². The molecule has 1 saturated heterocycles. The third kappa shape index (κ3) is 2.45. The molecule has 0 N–H and O–H groups in total. The van der Waals surface area contributed by atoms with Gasteiger partial charge in [-0.3, -0.25) is 14.3 Å². The molecule has 8 nitrogen and oxygen atoms in total. The maximum atomic E-state index is 12.8. The van der Waals surface area contributed by atoms with Crippen LogP contribution in [0, 0.1) is 0 Å². The molecule has 1 amide bonds. The van der Waals surface area contributed by atoms with Gasteiger partial charge in [-0.05, 0) is 31.0 Å². The quantitative estimate of drug-likeness (QED) is 0.673. The Bertz CT molecular complexity index is 1000. The number of amides is 1. The van der Waals surface area contributed by atoms with Gasteiger partial charge in [-0.1, -0.05) is 19.0 Å². The molecule has 0 aromatic carbocycles. The molecule has 1 atom stereocenters. The zero-order valence-electron chi connectivity index (χ0n) is 15.3. The summed E-state index contributed by atoms with van der Waals surface area (Å²) >= 11 is 1.48. The van der Waals surface area contributed by atoms with E-state index in [1.165, 1.54) is 11.3 Å². The number of rotatable bonds is 5. The SMILES string of the molecule is CCN(CC)Cc1nc(-c2ncn3c2[C@@H]2CCN2C(=O)c2sccc2-3)no1. The lowest BCUT2D eigenvalue weighted by molar-refractivity contribution is 0.0466. The van der Waals surface area contributed by atoms with Gasteiger partial charge in [-0.2, -0.15) is 4.98 Å². The van der Waals surface area contributed by atoms with Crippen molar-refractivity contribution in [2.75, 3.05) is 19.6 Å². The van der Waals surface area contributed by atoms with Crippen LogP contribution < -0.4 is 0 Å². The third-order valence-electron chi connectivity index (χ3n) is 5.43. The lowest BCUT2D eigenvalue weighted by Gasteiger charge is -2.39. The molecule has 0 radical (unpaired) electrons. The molecule has 1 fully saturated rings. The Morgan fingerprint density at radius 1 is 1.37 bits per heavy atom. The van der Waals surface area contributed by atoms with Gasteiger partial charge in [0.25, 0.3) is 5.91 Å². The Labute approximate surface area is 160 Å². The van der Waals surface area contributed by atoms with E-state index in [1.54, 1.807) is 6.33 Å². The van der Waals surface area contributed by atoms with Gasteiger partial charge in [-0.15, -0.1) is 11.3 Å². The molecule has 9 heteroatoms. The summed E-state index contributed by atoms with van der Waals surface area (Å²) in [5.74, 6) is 1.17. The highest BCUT2D eigenvalue weighted by molar-refractivity contribution is 7.12. The molecule has 0 spiro atoms. The predicted octanol–water partition coefficient (Wildman–Crippen LogP) is 2.73. The maximum absolute atomic E-state index is 12.8. The van der Waals surface area contributed by atoms with E-state index in [-0.39, 0.29) is 11.9 Å². The summed E-state index contributed by atoms with van der Waals surface area (Å²) in [7, 11) is 0. The topological polar surface area (TPSA) is 80.3 Å². The molecule has 0 unspecified atom stereocenters. The first kappa shape index (κ1) is 16.6. The van der Waals surface area contributed by atoms with Gasteiger partial charge < -0.3 is 9.42 Å². The van der Waals surface area contributed by atoms with Crippen LogP contribution in [0.5, 0.6) is 0 Å². The van der Waals surface area contributed by atoms with E-state index in [4.69, 9.17) is 4.52 Å². The number of carbonyl (C=O) groups is 1. The number of hydrogen-bond donors (Lipinski definition) is 0. The summed E-state index contributed by atoms with van der Waals surface area (Å²) in [6.45, 7) is 7.46. The monoisotopic (exact) mass is 384 g/mol. The Morgan fingerprint density at radius 3 is 2.96 bits per heavy atom. The van der Waals surface area contributed by atoms with Crippen molar-refractivity contribution in [3.63, 3.8) is 0 Å². The molecular formula is C18H20N6O2S. The minimum atomic E-state index is 0.0133. The maximum Gasteiger partial charge on any atom is 0.266 e. The van der Waals surface area contributed by atoms with Crippen molar-refractivity contribution in [1.29, 1.82) is 0 Å². The second kappa shape index (κ2) is 6.28. The highest BCUT2D eigenvalue weighted by atomic mass is 32.1. The number of nitrogens with zero attached hydrogens (tertiary/aromatic N) is 6. The van der Waals surface area contributed by atoms with Crippen molar-refractivity contribution < 1.29 is 9.32 Å². The van der Waals surface area contributed by atoms with Crippen LogP contribution in [-0.4, -0.2) is 55.0 Å². The molecule has 140 valence electrons. The molecular weight excluding hydrogens is 364 g/mol. The highest BCUT2D eigenvalue weighted by Gasteiger charge is 2.42. The van der Waals surface area contributed by atoms with Gasteiger partial charge in [0.2, 0.25) is 11.7 Å². The first-order valence-corrected chi connectivity index (χ1v) is 10.1. The van der Waals surface area contributed by atoms with Crippen molar-refractivity contribution in [2.24, 2.45) is 0 Å². The van der Waals surface area contributed by atoms with Gasteiger partial charge >= 0.3 is 0 Å². The number of carbonyl (C=O) groups excluding carboxylic acids is 1. The van der Waals surface area contributed by atoms with Gasteiger partial charge in [-0.25, -0.2) is 4.98 Å². The highest BCUT2D eigenvalue weighted by Crippen LogP contribution is 2.44. The van der Waals surface area contributed by atoms with Crippen LogP contribution in [0.4, 0.5) is 0 Å². The van der Waals surface area contributed by atoms with Crippen molar-refractivity contribution in [3.8, 4) is 17.2 Å². The summed E-state index contributed by atoms with van der Waals surface area (Å²) in [5, 5.41) is 6.12. The van der Waals surface area contributed by atoms with E-state index in [1.807, 2.05) is 20.9 Å². The van der Waals surface area contributed by atoms with E-state index < -0.39 is 0 Å². The standard InChI is InChI=1S/C18H20N6O2S/c1-3-22(4-2)9-13-20-17(21-26-13)14-15-11-5-7-23(11)18(25)16-12(6-8-27-16)24(15)10-19-14/h6,8,10-11H,3-5,7,9H2,1-2H3/t11-/m0/s1. The van der Waals surface area contributed by atoms with Crippen LogP contribution in [0.25, 0.3) is 17.2 Å². The molecule has 27 heavy (non-hydrogen) atoms. The summed E-state index contributed by atoms with van der Waals surface area (Å²) in [6.07, 6.45) is 2.69.